The molecule has 2 nitrogen and oxygen atoms in total. The molecule has 0 aliphatic carbocycles. The van der Waals surface area contributed by atoms with Crippen LogP contribution in [0.3, 0.4) is 0 Å². The summed E-state index contributed by atoms with van der Waals surface area (Å²) in [6.45, 7) is 8.42. The molecule has 1 fully saturated rings. The molecule has 0 saturated carbocycles. The third-order valence-corrected chi connectivity index (χ3v) is 4.52. The summed E-state index contributed by atoms with van der Waals surface area (Å²) in [5.74, 6) is 0. The van der Waals surface area contributed by atoms with Crippen LogP contribution in [0.5, 0.6) is 0 Å². The van der Waals surface area contributed by atoms with Crippen LogP contribution in [0.2, 0.25) is 10.0 Å². The summed E-state index contributed by atoms with van der Waals surface area (Å²) in [5.41, 5.74) is 0. The first-order valence-corrected chi connectivity index (χ1v) is 8.89. The van der Waals surface area contributed by atoms with Crippen LogP contribution in [-0.2, 0) is 21.9 Å². The summed E-state index contributed by atoms with van der Waals surface area (Å²) < 4.78 is 5.01. The zero-order valence-electron chi connectivity index (χ0n) is 7.86. The van der Waals surface area contributed by atoms with Gasteiger partial charge in [0.25, 0.3) is 0 Å². The first kappa shape index (κ1) is 11.5. The van der Waals surface area contributed by atoms with E-state index in [2.05, 4.69) is 19.2 Å². The number of hydrogen-bond acceptors (Lipinski definition) is 2. The average molecular weight is 211 g/mol. The minimum absolute atomic E-state index is 0.0972. The summed E-state index contributed by atoms with van der Waals surface area (Å²) in [7, 11) is 0. The van der Waals surface area contributed by atoms with E-state index in [1.54, 1.807) is 0 Å². The Morgan fingerprint density at radius 3 is 1.82 bits per heavy atom. The third kappa shape index (κ3) is 10.5. The van der Waals surface area contributed by atoms with E-state index in [0.29, 0.717) is 0 Å². The number of ether oxygens (including phenoxy) is 1. The molecule has 0 atom stereocenters. The minimum atomic E-state index is 0.0972. The van der Waals surface area contributed by atoms with Gasteiger partial charge in [-0.05, 0) is 0 Å². The third-order valence-electron chi connectivity index (χ3n) is 1.55. The Morgan fingerprint density at radius 1 is 1.18 bits per heavy atom. The van der Waals surface area contributed by atoms with Gasteiger partial charge in [-0.25, -0.2) is 0 Å². The van der Waals surface area contributed by atoms with Crippen molar-refractivity contribution < 1.29 is 21.9 Å². The van der Waals surface area contributed by atoms with Crippen LogP contribution in [0.15, 0.2) is 0 Å². The van der Waals surface area contributed by atoms with E-state index in [9.17, 15) is 0 Å². The topological polar surface area (TPSA) is 21.3 Å². The van der Waals surface area contributed by atoms with Crippen LogP contribution in [-0.4, -0.2) is 26.3 Å². The normalized spacial score (nSPS) is 16.2. The summed E-state index contributed by atoms with van der Waals surface area (Å²) in [4.78, 5) is 0. The van der Waals surface area contributed by atoms with Crippen LogP contribution < -0.4 is 5.32 Å². The van der Waals surface area contributed by atoms with Crippen molar-refractivity contribution in [2.45, 2.75) is 23.9 Å². The van der Waals surface area contributed by atoms with Crippen molar-refractivity contribution in [3.05, 3.63) is 0 Å². The van der Waals surface area contributed by atoms with Crippen molar-refractivity contribution in [2.75, 3.05) is 26.3 Å². The molecule has 1 N–H and O–H groups in total. The predicted molar refractivity (Wildman–Crippen MR) is 44.7 cm³/mol. The Morgan fingerprint density at radius 2 is 1.73 bits per heavy atom. The molecular formula is C8H19NOZn. The van der Waals surface area contributed by atoms with E-state index in [4.69, 9.17) is 4.74 Å². The molecule has 0 spiro atoms. The van der Waals surface area contributed by atoms with Gasteiger partial charge in [-0.15, -0.1) is 0 Å². The van der Waals surface area contributed by atoms with Gasteiger partial charge >= 0.3 is 41.0 Å². The molecule has 1 aliphatic rings. The molecule has 0 bridgehead atoms. The van der Waals surface area contributed by atoms with Crippen molar-refractivity contribution in [2.24, 2.45) is 0 Å². The van der Waals surface area contributed by atoms with Gasteiger partial charge in [0.1, 0.15) is 0 Å². The molecule has 0 radical (unpaired) electrons. The first-order chi connectivity index (χ1) is 5.41. The zero-order valence-corrected chi connectivity index (χ0v) is 10.8. The van der Waals surface area contributed by atoms with Gasteiger partial charge in [0, 0.05) is 13.1 Å². The van der Waals surface area contributed by atoms with Crippen molar-refractivity contribution in [1.29, 1.82) is 0 Å². The first-order valence-electron chi connectivity index (χ1n) is 4.70. The molecule has 0 unspecified atom stereocenters. The van der Waals surface area contributed by atoms with E-state index in [-0.39, 0.29) is 17.1 Å². The molecule has 1 rings (SSSR count). The fourth-order valence-corrected chi connectivity index (χ4v) is 2.35. The van der Waals surface area contributed by atoms with Gasteiger partial charge < -0.3 is 10.1 Å². The Balaban J connectivity index is 0.000000187. The molecule has 0 amide bonds. The van der Waals surface area contributed by atoms with Crippen LogP contribution in [0.25, 0.3) is 0 Å². The molecule has 64 valence electrons. The number of rotatable bonds is 2. The van der Waals surface area contributed by atoms with Gasteiger partial charge in [0.2, 0.25) is 0 Å². The van der Waals surface area contributed by atoms with Crippen molar-refractivity contribution in [1.82, 2.24) is 5.32 Å². The molecule has 0 aromatic carbocycles. The Labute approximate surface area is 77.7 Å². The monoisotopic (exact) mass is 209 g/mol. The summed E-state index contributed by atoms with van der Waals surface area (Å²) in [5, 5.41) is 6.22. The second-order valence-corrected chi connectivity index (χ2v) is 8.40. The molecule has 3 heteroatoms. The maximum absolute atomic E-state index is 5.01. The second-order valence-electron chi connectivity index (χ2n) is 2.72. The number of morpholine rings is 1. The van der Waals surface area contributed by atoms with Gasteiger partial charge in [-0.1, -0.05) is 0 Å². The second kappa shape index (κ2) is 10.5. The quantitative estimate of drug-likeness (QED) is 0.699. The SMILES string of the molecule is C1COCCN1.C[CH2][Zn][CH2]C. The van der Waals surface area contributed by atoms with E-state index >= 15 is 0 Å². The summed E-state index contributed by atoms with van der Waals surface area (Å²) >= 11 is 0.0972. The molecule has 1 heterocycles. The predicted octanol–water partition coefficient (Wildman–Crippen LogP) is 1.55. The van der Waals surface area contributed by atoms with Crippen molar-refractivity contribution in [3.63, 3.8) is 0 Å². The van der Waals surface area contributed by atoms with E-state index in [1.165, 1.54) is 10.0 Å². The molecule has 1 aliphatic heterocycles. The molecular weight excluding hydrogens is 191 g/mol. The van der Waals surface area contributed by atoms with E-state index < -0.39 is 0 Å². The Kier molecular flexibility index (Phi) is 11.1. The van der Waals surface area contributed by atoms with Gasteiger partial charge in [-0.3, -0.25) is 0 Å². The molecule has 0 aromatic heterocycles. The maximum atomic E-state index is 5.01. The van der Waals surface area contributed by atoms with Crippen molar-refractivity contribution >= 4 is 0 Å². The molecule has 1 saturated heterocycles. The fourth-order valence-electron chi connectivity index (χ4n) is 0.869. The van der Waals surface area contributed by atoms with Crippen molar-refractivity contribution in [3.8, 4) is 0 Å². The standard InChI is InChI=1S/C4H9NO.2C2H5.Zn/c1-3-6-4-2-5-1;2*1-2;/h5H,1-4H2;2*1H2,2H3;. The van der Waals surface area contributed by atoms with Crippen LogP contribution in [0.4, 0.5) is 0 Å². The van der Waals surface area contributed by atoms with E-state index in [0.717, 1.165) is 26.3 Å². The average Bonchev–Trinajstić information content (AvgIpc) is 2.10. The fraction of sp³-hybridized carbons (Fsp3) is 1.00. The molecule has 0 aromatic rings. The van der Waals surface area contributed by atoms with E-state index in [1.807, 2.05) is 0 Å². The van der Waals surface area contributed by atoms with Crippen LogP contribution in [0, 0.1) is 0 Å². The number of nitrogens with one attached hydrogen (secondary N) is 1. The summed E-state index contributed by atoms with van der Waals surface area (Å²) in [6, 6.07) is 0. The molecule has 11 heavy (non-hydrogen) atoms. The van der Waals surface area contributed by atoms with Crippen LogP contribution in [0.1, 0.15) is 13.8 Å². The van der Waals surface area contributed by atoms with Crippen LogP contribution >= 0.6 is 0 Å². The zero-order chi connectivity index (χ0) is 8.36. The van der Waals surface area contributed by atoms with Gasteiger partial charge in [0.05, 0.1) is 13.2 Å². The van der Waals surface area contributed by atoms with Gasteiger partial charge in [0.15, 0.2) is 0 Å². The summed E-state index contributed by atoms with van der Waals surface area (Å²) in [6.07, 6.45) is 0. The Hall–Kier alpha value is 0.543. The van der Waals surface area contributed by atoms with Gasteiger partial charge in [-0.2, -0.15) is 0 Å². The number of hydrogen-bond donors (Lipinski definition) is 1. The Bertz CT molecular complexity index is 53.6.